The van der Waals surface area contributed by atoms with Crippen molar-refractivity contribution >= 4 is 43.5 Å². The number of pyridine rings is 1. The van der Waals surface area contributed by atoms with E-state index in [1.807, 2.05) is 47.9 Å². The lowest BCUT2D eigenvalue weighted by molar-refractivity contribution is -0.133. The maximum atomic E-state index is 15.2. The van der Waals surface area contributed by atoms with Crippen LogP contribution in [0.15, 0.2) is 77.2 Å². The summed E-state index contributed by atoms with van der Waals surface area (Å²) in [6, 6.07) is 20.8. The lowest BCUT2D eigenvalue weighted by Gasteiger charge is -2.42. The number of carbonyl (C=O) groups excluding carboxylic acids is 1. The third-order valence-electron chi connectivity index (χ3n) is 9.94. The fourth-order valence-electron chi connectivity index (χ4n) is 7.38. The number of sulfonamides is 1. The van der Waals surface area contributed by atoms with Crippen LogP contribution in [0.5, 0.6) is 0 Å². The standard InChI is InChI=1S/C38H34F3N5O4S/c1-21-8-10-22(11-9-21)36-34(37(47)42-2)27-15-26(31(17-33(27)50-36)44(3)51(4,48)49)29-13-12-23-14-24(18-45-19-38(40,41)20-45)46-30-7-5-6-28(39)25(30)16-32(46)35(23)43-29/h5-13,15-17,24H,14,18-20H2,1-4H3,(H,42,47). The van der Waals surface area contributed by atoms with Gasteiger partial charge in [0, 0.05) is 48.6 Å². The highest BCUT2D eigenvalue weighted by Crippen LogP contribution is 2.44. The lowest BCUT2D eigenvalue weighted by Crippen LogP contribution is -2.57. The largest absolute Gasteiger partial charge is 0.455 e. The first-order valence-corrected chi connectivity index (χ1v) is 18.3. The average Bonchev–Trinajstić information content (AvgIpc) is 3.66. The molecule has 5 heterocycles. The van der Waals surface area contributed by atoms with Crippen molar-refractivity contribution in [1.82, 2.24) is 19.8 Å². The van der Waals surface area contributed by atoms with E-state index in [-0.39, 0.29) is 30.7 Å². The van der Waals surface area contributed by atoms with Crippen molar-refractivity contribution in [2.45, 2.75) is 25.3 Å². The number of carbonyl (C=O) groups is 1. The third kappa shape index (κ3) is 5.55. The van der Waals surface area contributed by atoms with Crippen LogP contribution in [0.3, 0.4) is 0 Å². The molecular weight excluding hydrogens is 680 g/mol. The summed E-state index contributed by atoms with van der Waals surface area (Å²) in [5, 5.41) is 3.56. The van der Waals surface area contributed by atoms with Gasteiger partial charge in [0.15, 0.2) is 0 Å². The molecule has 0 bridgehead atoms. The highest BCUT2D eigenvalue weighted by Gasteiger charge is 2.45. The molecule has 1 N–H and O–H groups in total. The van der Waals surface area contributed by atoms with Gasteiger partial charge in [-0.25, -0.2) is 26.6 Å². The summed E-state index contributed by atoms with van der Waals surface area (Å²) < 4.78 is 78.2. The SMILES string of the molecule is CNC(=O)c1c(-c2ccc(C)cc2)oc2cc(N(C)S(C)(=O)=O)c(-c3ccc4c(n3)-c3cc5c(F)cccc5n3C(CN3CC(F)(F)C3)C4)cc12. The Labute approximate surface area is 292 Å². The Bertz CT molecular complexity index is 2500. The van der Waals surface area contributed by atoms with Crippen molar-refractivity contribution in [2.24, 2.45) is 0 Å². The summed E-state index contributed by atoms with van der Waals surface area (Å²) in [7, 11) is -0.803. The number of furan rings is 1. The molecular formula is C38H34F3N5O4S. The number of alkyl halides is 2. The monoisotopic (exact) mass is 713 g/mol. The van der Waals surface area contributed by atoms with Crippen molar-refractivity contribution in [2.75, 3.05) is 44.3 Å². The summed E-state index contributed by atoms with van der Waals surface area (Å²) in [6.07, 6.45) is 1.56. The van der Waals surface area contributed by atoms with Gasteiger partial charge in [-0.1, -0.05) is 42.0 Å². The van der Waals surface area contributed by atoms with Gasteiger partial charge in [-0.05, 0) is 49.2 Å². The normalized spacial score (nSPS) is 16.9. The van der Waals surface area contributed by atoms with E-state index in [1.165, 1.54) is 20.2 Å². The highest BCUT2D eigenvalue weighted by atomic mass is 32.2. The quantitative estimate of drug-likeness (QED) is 0.191. The number of aromatic nitrogens is 2. The topological polar surface area (TPSA) is 101 Å². The van der Waals surface area contributed by atoms with E-state index in [0.717, 1.165) is 21.7 Å². The van der Waals surface area contributed by atoms with E-state index < -0.39 is 21.8 Å². The minimum atomic E-state index is -3.77. The van der Waals surface area contributed by atoms with Crippen molar-refractivity contribution in [1.29, 1.82) is 0 Å². The summed E-state index contributed by atoms with van der Waals surface area (Å²) in [6.45, 7) is 1.66. The molecule has 3 aromatic heterocycles. The van der Waals surface area contributed by atoms with Crippen LogP contribution >= 0.6 is 0 Å². The van der Waals surface area contributed by atoms with Crippen LogP contribution in [0.4, 0.5) is 18.9 Å². The van der Waals surface area contributed by atoms with Crippen molar-refractivity contribution in [3.05, 3.63) is 95.3 Å². The van der Waals surface area contributed by atoms with Gasteiger partial charge in [0.05, 0.1) is 59.2 Å². The lowest BCUT2D eigenvalue weighted by atomic mass is 9.94. The Morgan fingerprint density at radius 3 is 2.49 bits per heavy atom. The van der Waals surface area contributed by atoms with Gasteiger partial charge in [-0.15, -0.1) is 0 Å². The van der Waals surface area contributed by atoms with E-state index in [9.17, 15) is 22.0 Å². The molecule has 51 heavy (non-hydrogen) atoms. The van der Waals surface area contributed by atoms with Crippen LogP contribution in [-0.4, -0.2) is 74.7 Å². The number of aryl methyl sites for hydroxylation is 1. The van der Waals surface area contributed by atoms with Crippen LogP contribution in [-0.2, 0) is 16.4 Å². The number of benzene rings is 3. The smallest absolute Gasteiger partial charge is 0.272 e. The molecule has 0 saturated carbocycles. The summed E-state index contributed by atoms with van der Waals surface area (Å²) in [4.78, 5) is 20.2. The van der Waals surface area contributed by atoms with E-state index in [0.29, 0.717) is 74.4 Å². The van der Waals surface area contributed by atoms with E-state index in [2.05, 4.69) is 5.32 Å². The number of halogens is 3. The minimum absolute atomic E-state index is 0.250. The number of nitrogens with zero attached hydrogens (tertiary/aromatic N) is 4. The molecule has 0 aliphatic carbocycles. The molecule has 3 aromatic carbocycles. The third-order valence-corrected chi connectivity index (χ3v) is 11.1. The van der Waals surface area contributed by atoms with Crippen molar-refractivity contribution < 1.29 is 30.8 Å². The zero-order valence-corrected chi connectivity index (χ0v) is 29.1. The maximum Gasteiger partial charge on any atom is 0.272 e. The minimum Gasteiger partial charge on any atom is -0.455 e. The van der Waals surface area contributed by atoms with Gasteiger partial charge in [0.1, 0.15) is 17.2 Å². The van der Waals surface area contributed by atoms with Crippen LogP contribution in [0.25, 0.3) is 55.8 Å². The second kappa shape index (κ2) is 11.7. The van der Waals surface area contributed by atoms with E-state index in [4.69, 9.17) is 9.40 Å². The summed E-state index contributed by atoms with van der Waals surface area (Å²) in [5.74, 6) is -3.17. The molecule has 0 spiro atoms. The van der Waals surface area contributed by atoms with Crippen molar-refractivity contribution in [3.8, 4) is 34.0 Å². The molecule has 1 amide bonds. The van der Waals surface area contributed by atoms with E-state index in [1.54, 1.807) is 35.2 Å². The molecule has 1 fully saturated rings. The summed E-state index contributed by atoms with van der Waals surface area (Å²) >= 11 is 0. The molecule has 9 nitrogen and oxygen atoms in total. The maximum absolute atomic E-state index is 15.2. The van der Waals surface area contributed by atoms with E-state index >= 15 is 4.39 Å². The van der Waals surface area contributed by atoms with Gasteiger partial charge >= 0.3 is 0 Å². The van der Waals surface area contributed by atoms with Crippen LogP contribution in [0, 0.1) is 12.7 Å². The molecule has 2 aliphatic heterocycles. The van der Waals surface area contributed by atoms with Gasteiger partial charge in [-0.3, -0.25) is 14.0 Å². The number of fused-ring (bicyclic) bond motifs is 6. The zero-order chi connectivity index (χ0) is 36.0. The number of likely N-dealkylation sites (tertiary alicyclic amines) is 1. The molecule has 262 valence electrons. The fourth-order valence-corrected chi connectivity index (χ4v) is 7.88. The Balaban J connectivity index is 1.33. The molecule has 13 heteroatoms. The fraction of sp³-hybridized carbons (Fsp3) is 0.263. The highest BCUT2D eigenvalue weighted by molar-refractivity contribution is 7.92. The Hall–Kier alpha value is -5.14. The molecule has 2 aliphatic rings. The predicted molar refractivity (Wildman–Crippen MR) is 191 cm³/mol. The molecule has 1 unspecified atom stereocenters. The van der Waals surface area contributed by atoms with Crippen molar-refractivity contribution in [3.63, 3.8) is 0 Å². The molecule has 6 aromatic rings. The Morgan fingerprint density at radius 1 is 1.06 bits per heavy atom. The molecule has 1 atom stereocenters. The molecule has 8 rings (SSSR count). The first-order chi connectivity index (χ1) is 24.2. The first-order valence-electron chi connectivity index (χ1n) is 16.5. The van der Waals surface area contributed by atoms with Crippen LogP contribution in [0.2, 0.25) is 0 Å². The number of hydrogen-bond acceptors (Lipinski definition) is 6. The second-order valence-corrected chi connectivity index (χ2v) is 15.5. The predicted octanol–water partition coefficient (Wildman–Crippen LogP) is 7.03. The number of nitrogens with one attached hydrogen (secondary N) is 1. The van der Waals surface area contributed by atoms with Crippen LogP contribution < -0.4 is 9.62 Å². The number of rotatable bonds is 7. The van der Waals surface area contributed by atoms with Gasteiger partial charge in [0.25, 0.3) is 11.8 Å². The molecule has 0 radical (unpaired) electrons. The number of anilines is 1. The molecule has 1 saturated heterocycles. The Kier molecular flexibility index (Phi) is 7.58. The average molecular weight is 714 g/mol. The summed E-state index contributed by atoms with van der Waals surface area (Å²) in [5.41, 5.74) is 6.13. The first kappa shape index (κ1) is 33.0. The van der Waals surface area contributed by atoms with Crippen LogP contribution in [0.1, 0.15) is 27.5 Å². The second-order valence-electron chi connectivity index (χ2n) is 13.5. The zero-order valence-electron chi connectivity index (χ0n) is 28.3. The van der Waals surface area contributed by atoms with Gasteiger partial charge in [-0.2, -0.15) is 0 Å². The number of amides is 1. The number of hydrogen-bond donors (Lipinski definition) is 1. The Morgan fingerprint density at radius 2 is 1.80 bits per heavy atom. The van der Waals surface area contributed by atoms with Gasteiger partial charge in [0.2, 0.25) is 10.0 Å². The van der Waals surface area contributed by atoms with Gasteiger partial charge < -0.3 is 14.3 Å².